The molecule has 0 saturated carbocycles. The van der Waals surface area contributed by atoms with Gasteiger partial charge >= 0.3 is 0 Å². The van der Waals surface area contributed by atoms with Crippen LogP contribution in [0.4, 0.5) is 34.1 Å². The van der Waals surface area contributed by atoms with E-state index in [9.17, 15) is 0 Å². The molecule has 0 N–H and O–H groups in total. The average Bonchev–Trinajstić information content (AvgIpc) is 3.60. The number of anilines is 6. The Kier molecular flexibility index (Phi) is 12.7. The van der Waals surface area contributed by atoms with Crippen molar-refractivity contribution in [1.82, 2.24) is 0 Å². The van der Waals surface area contributed by atoms with Crippen molar-refractivity contribution in [3.63, 3.8) is 0 Å². The summed E-state index contributed by atoms with van der Waals surface area (Å²) in [7, 11) is 0. The number of hydrogen-bond acceptors (Lipinski definition) is 4. The van der Waals surface area contributed by atoms with Crippen LogP contribution in [-0.2, 0) is 0 Å². The number of fused-ring (bicyclic) bond motifs is 6. The fourth-order valence-electron chi connectivity index (χ4n) is 12.3. The maximum absolute atomic E-state index is 6.11. The van der Waals surface area contributed by atoms with Crippen molar-refractivity contribution >= 4 is 98.8 Å². The van der Waals surface area contributed by atoms with Crippen LogP contribution in [0.3, 0.4) is 0 Å². The van der Waals surface area contributed by atoms with Crippen molar-refractivity contribution < 1.29 is 9.47 Å². The highest BCUT2D eigenvalue weighted by Crippen LogP contribution is 2.58. The van der Waals surface area contributed by atoms with E-state index in [0.717, 1.165) is 58.5 Å². The van der Waals surface area contributed by atoms with Crippen molar-refractivity contribution in [2.75, 3.05) is 23.0 Å². The van der Waals surface area contributed by atoms with E-state index >= 15 is 0 Å². The maximum atomic E-state index is 6.11. The fraction of sp³-hybridized carbons (Fsp3) is 0.162. The van der Waals surface area contributed by atoms with Gasteiger partial charge in [-0.15, -0.1) is 0 Å². The van der Waals surface area contributed by atoms with Crippen LogP contribution in [0.15, 0.2) is 218 Å². The maximum Gasteiger partial charge on any atom is 0.119 e. The Morgan fingerprint density at radius 2 is 0.628 bits per heavy atom. The van der Waals surface area contributed by atoms with Gasteiger partial charge in [-0.05, 0) is 197 Å². The van der Waals surface area contributed by atoms with Gasteiger partial charge in [-0.2, -0.15) is 0 Å². The number of ether oxygens (including phenoxy) is 2. The minimum atomic E-state index is 0.425. The normalized spacial score (nSPS) is 11.9. The molecular formula is C74H64N2O2. The smallest absolute Gasteiger partial charge is 0.119 e. The molecule has 0 spiro atoms. The van der Waals surface area contributed by atoms with Crippen LogP contribution in [0.2, 0.25) is 0 Å². The molecule has 0 aliphatic rings. The molecule has 13 aromatic rings. The lowest BCUT2D eigenvalue weighted by molar-refractivity contribution is 0.317. The highest BCUT2D eigenvalue weighted by Gasteiger charge is 2.30. The number of rotatable bonds is 16. The van der Waals surface area contributed by atoms with E-state index in [2.05, 4.69) is 270 Å². The Balaban J connectivity index is 1.12. The van der Waals surface area contributed by atoms with E-state index in [1.165, 1.54) is 98.0 Å². The van der Waals surface area contributed by atoms with E-state index < -0.39 is 0 Å². The largest absolute Gasteiger partial charge is 0.494 e. The molecule has 13 rings (SSSR count). The number of benzene rings is 11. The Morgan fingerprint density at radius 3 is 0.962 bits per heavy atom. The van der Waals surface area contributed by atoms with E-state index in [1.54, 1.807) is 0 Å². The summed E-state index contributed by atoms with van der Waals surface area (Å²) in [6.07, 6.45) is 1.92. The quantitative estimate of drug-likeness (QED) is 0.0963. The summed E-state index contributed by atoms with van der Waals surface area (Å²) in [5.74, 6) is 2.61. The molecule has 4 heteroatoms. The van der Waals surface area contributed by atoms with Crippen LogP contribution in [-0.4, -0.2) is 13.2 Å². The molecule has 0 radical (unpaired) electrons. The summed E-state index contributed by atoms with van der Waals surface area (Å²) in [6.45, 7) is 14.7. The van der Waals surface area contributed by atoms with Crippen LogP contribution < -0.4 is 19.3 Å². The fourth-order valence-corrected chi connectivity index (χ4v) is 12.3. The summed E-state index contributed by atoms with van der Waals surface area (Å²) in [5.41, 5.74) is 14.2. The SMILES string of the molecule is CCCOc1ccc(N(c2ccc(C(C)C)cc2)c2ccc3c4c(-c5ccccc5)c5c6cccc7c(N(c8ccc(OCCC)cc8)c8ccc(C(C)C)cc8)ccc(c5c(-c5ccccc5)c4c4cccc2c43)c76)cc1. The molecule has 0 aliphatic carbocycles. The Hall–Kier alpha value is -8.86. The molecule has 0 aromatic heterocycles. The monoisotopic (exact) mass is 1010 g/mol. The summed E-state index contributed by atoms with van der Waals surface area (Å²) in [4.78, 5) is 4.86. The van der Waals surface area contributed by atoms with Gasteiger partial charge in [0.15, 0.2) is 0 Å². The molecule has 0 unspecified atom stereocenters. The first-order chi connectivity index (χ1) is 38.3. The van der Waals surface area contributed by atoms with Gasteiger partial charge in [0.2, 0.25) is 0 Å². The van der Waals surface area contributed by atoms with Gasteiger partial charge in [0.1, 0.15) is 11.5 Å². The molecule has 0 aliphatic heterocycles. The molecule has 0 bridgehead atoms. The van der Waals surface area contributed by atoms with Crippen molar-refractivity contribution in [3.05, 3.63) is 230 Å². The predicted molar refractivity (Wildman–Crippen MR) is 334 cm³/mol. The van der Waals surface area contributed by atoms with Crippen LogP contribution in [0.25, 0.3) is 86.9 Å². The Morgan fingerprint density at radius 1 is 0.308 bits per heavy atom. The second kappa shape index (κ2) is 20.3. The first-order valence-corrected chi connectivity index (χ1v) is 28.0. The minimum Gasteiger partial charge on any atom is -0.494 e. The van der Waals surface area contributed by atoms with Crippen molar-refractivity contribution in [2.24, 2.45) is 0 Å². The van der Waals surface area contributed by atoms with Gasteiger partial charge in [0.05, 0.1) is 24.6 Å². The predicted octanol–water partition coefficient (Wildman–Crippen LogP) is 21.6. The standard InChI is InChI=1S/C74H64N2O2/c1-7-45-77-57-37-33-55(34-38-57)75(53-29-25-49(26-30-53)47(3)4)65-43-41-63-69-59(65)21-15-23-61(69)71-67(51-17-11-9-12-18-51)74-64-42-44-66(60-22-16-24-62(70(60)64)72(74)68(73(63)71)52-19-13-10-14-20-52)76(54-31-27-50(28-32-54)48(5)6)56-35-39-58(40-36-56)78-46-8-2/h9-44,47-48H,7-8,45-46H2,1-6H3. The molecule has 0 fully saturated rings. The molecular weight excluding hydrogens is 949 g/mol. The van der Waals surface area contributed by atoms with Gasteiger partial charge in [-0.1, -0.05) is 175 Å². The molecule has 0 heterocycles. The molecule has 382 valence electrons. The lowest BCUT2D eigenvalue weighted by Crippen LogP contribution is -2.10. The van der Waals surface area contributed by atoms with E-state index in [1.807, 2.05) is 0 Å². The molecule has 13 aromatic carbocycles. The number of nitrogens with zero attached hydrogens (tertiary/aromatic N) is 2. The summed E-state index contributed by atoms with van der Waals surface area (Å²) in [6, 6.07) is 81.4. The molecule has 4 nitrogen and oxygen atoms in total. The van der Waals surface area contributed by atoms with E-state index in [0.29, 0.717) is 25.0 Å². The second-order valence-electron chi connectivity index (χ2n) is 21.6. The van der Waals surface area contributed by atoms with E-state index in [-0.39, 0.29) is 0 Å². The summed E-state index contributed by atoms with van der Waals surface area (Å²) < 4.78 is 12.2. The third kappa shape index (κ3) is 8.21. The third-order valence-electron chi connectivity index (χ3n) is 16.0. The Bertz CT molecular complexity index is 3910. The van der Waals surface area contributed by atoms with E-state index in [4.69, 9.17) is 9.47 Å². The Labute approximate surface area is 458 Å². The lowest BCUT2D eigenvalue weighted by atomic mass is 9.87. The van der Waals surface area contributed by atoms with Gasteiger partial charge in [-0.3, -0.25) is 0 Å². The zero-order valence-corrected chi connectivity index (χ0v) is 45.5. The van der Waals surface area contributed by atoms with Crippen molar-refractivity contribution in [3.8, 4) is 33.8 Å². The molecule has 0 saturated heterocycles. The first-order valence-electron chi connectivity index (χ1n) is 28.0. The van der Waals surface area contributed by atoms with Crippen molar-refractivity contribution in [1.29, 1.82) is 0 Å². The van der Waals surface area contributed by atoms with Gasteiger partial charge in [0, 0.05) is 33.5 Å². The first kappa shape index (κ1) is 48.8. The lowest BCUT2D eigenvalue weighted by Gasteiger charge is -2.27. The van der Waals surface area contributed by atoms with Crippen LogP contribution in [0.1, 0.15) is 77.3 Å². The average molecular weight is 1010 g/mol. The number of hydrogen-bond donors (Lipinski definition) is 0. The second-order valence-corrected chi connectivity index (χ2v) is 21.6. The van der Waals surface area contributed by atoms with Gasteiger partial charge < -0.3 is 19.3 Å². The minimum absolute atomic E-state index is 0.425. The van der Waals surface area contributed by atoms with Crippen LogP contribution in [0, 0.1) is 0 Å². The molecule has 0 amide bonds. The molecule has 0 atom stereocenters. The van der Waals surface area contributed by atoms with Crippen LogP contribution in [0.5, 0.6) is 11.5 Å². The highest BCUT2D eigenvalue weighted by molar-refractivity contribution is 6.47. The zero-order chi connectivity index (χ0) is 53.0. The van der Waals surface area contributed by atoms with Gasteiger partial charge in [0.25, 0.3) is 0 Å². The summed E-state index contributed by atoms with van der Waals surface area (Å²) in [5, 5.41) is 15.1. The zero-order valence-electron chi connectivity index (χ0n) is 45.5. The van der Waals surface area contributed by atoms with Crippen molar-refractivity contribution in [2.45, 2.75) is 66.2 Å². The topological polar surface area (TPSA) is 24.9 Å². The molecule has 78 heavy (non-hydrogen) atoms. The highest BCUT2D eigenvalue weighted by atomic mass is 16.5. The summed E-state index contributed by atoms with van der Waals surface area (Å²) >= 11 is 0. The van der Waals surface area contributed by atoms with Crippen LogP contribution >= 0.6 is 0 Å². The van der Waals surface area contributed by atoms with Gasteiger partial charge in [-0.25, -0.2) is 0 Å². The third-order valence-corrected chi connectivity index (χ3v) is 16.0.